The zero-order chi connectivity index (χ0) is 29.9. The Bertz CT molecular complexity index is 2020. The summed E-state index contributed by atoms with van der Waals surface area (Å²) >= 11 is 1.06. The van der Waals surface area contributed by atoms with E-state index in [-0.39, 0.29) is 26.3 Å². The number of hydrogen-bond acceptors (Lipinski definition) is 6. The molecule has 7 nitrogen and oxygen atoms in total. The first-order valence-corrected chi connectivity index (χ1v) is 15.4. The highest BCUT2D eigenvalue weighted by molar-refractivity contribution is 7.90. The number of carbonyl (C=O) groups excluding carboxylic acids is 1. The van der Waals surface area contributed by atoms with Gasteiger partial charge in [-0.15, -0.1) is 11.3 Å². The molecule has 4 aromatic carbocycles. The highest BCUT2D eigenvalue weighted by Gasteiger charge is 2.28. The van der Waals surface area contributed by atoms with Crippen molar-refractivity contribution in [2.75, 3.05) is 0 Å². The fourth-order valence-corrected chi connectivity index (χ4v) is 6.54. The van der Waals surface area contributed by atoms with Crippen LogP contribution in [0.15, 0.2) is 113 Å². The molecule has 1 amide bonds. The molecular formula is C33H28N2O5S2. The van der Waals surface area contributed by atoms with Gasteiger partial charge in [0.15, 0.2) is 0 Å². The average Bonchev–Trinajstić information content (AvgIpc) is 3.25. The maximum absolute atomic E-state index is 13.7. The van der Waals surface area contributed by atoms with Gasteiger partial charge in [0.2, 0.25) is 0 Å². The summed E-state index contributed by atoms with van der Waals surface area (Å²) < 4.78 is 30.0. The molecule has 0 radical (unpaired) electrons. The van der Waals surface area contributed by atoms with Crippen LogP contribution in [0.2, 0.25) is 0 Å². The van der Waals surface area contributed by atoms with Crippen molar-refractivity contribution < 1.29 is 18.3 Å². The molecule has 2 N–H and O–H groups in total. The van der Waals surface area contributed by atoms with Crippen LogP contribution in [0.25, 0.3) is 23.8 Å². The molecule has 1 atom stereocenters. The number of sulfonamides is 1. The van der Waals surface area contributed by atoms with Crippen LogP contribution in [0.3, 0.4) is 0 Å². The molecule has 5 rings (SSSR count). The Morgan fingerprint density at radius 3 is 2.24 bits per heavy atom. The molecule has 1 aromatic heterocycles. The summed E-state index contributed by atoms with van der Waals surface area (Å²) in [6.45, 7) is 5.83. The summed E-state index contributed by atoms with van der Waals surface area (Å²) in [7, 11) is -4.19. The quantitative estimate of drug-likeness (QED) is 0.281. The van der Waals surface area contributed by atoms with Gasteiger partial charge in [-0.25, -0.2) is 13.1 Å². The molecule has 9 heteroatoms. The first kappa shape index (κ1) is 28.8. The smallest absolute Gasteiger partial charge is 0.269 e. The van der Waals surface area contributed by atoms with Gasteiger partial charge in [0.25, 0.3) is 21.5 Å². The third kappa shape index (κ3) is 6.27. The van der Waals surface area contributed by atoms with E-state index in [4.69, 9.17) is 0 Å². The number of phenolic OH excluding ortho intramolecular Hbond substituents is 1. The topological polar surface area (TPSA) is 105 Å². The predicted octanol–water partition coefficient (Wildman–Crippen LogP) is 4.12. The van der Waals surface area contributed by atoms with Gasteiger partial charge in [0.1, 0.15) is 11.8 Å². The Kier molecular flexibility index (Phi) is 8.24. The van der Waals surface area contributed by atoms with Gasteiger partial charge in [-0.3, -0.25) is 14.2 Å². The van der Waals surface area contributed by atoms with E-state index in [0.717, 1.165) is 33.6 Å². The minimum atomic E-state index is -4.19. The molecule has 0 aliphatic heterocycles. The van der Waals surface area contributed by atoms with Crippen LogP contribution in [0.4, 0.5) is 0 Å². The standard InChI is InChI=1S/C33H28N2O5S2/c1-22-13-17-28(18-14-22)42(39,40)34-32(37)29(19-24-9-5-3-6-10-24)35-23(2)41-31(33(35)38)21-27-16-15-26(20-30(27)36)25-11-7-4-8-12-25/h3-18,20-21,29,36H,2,19H2,1H3,(H,34,37)/b31-21-/t29-/m0/s1. The molecule has 0 fully saturated rings. The second-order valence-electron chi connectivity index (χ2n) is 9.81. The van der Waals surface area contributed by atoms with Gasteiger partial charge in [0, 0.05) is 12.0 Å². The molecule has 42 heavy (non-hydrogen) atoms. The fraction of sp³-hybridized carbons (Fsp3) is 0.0909. The summed E-state index contributed by atoms with van der Waals surface area (Å²) in [6, 6.07) is 28.7. The number of aryl methyl sites for hydroxylation is 1. The monoisotopic (exact) mass is 596 g/mol. The lowest BCUT2D eigenvalue weighted by Gasteiger charge is -2.18. The van der Waals surface area contributed by atoms with Crippen molar-refractivity contribution in [1.82, 2.24) is 9.29 Å². The number of rotatable bonds is 8. The van der Waals surface area contributed by atoms with Crippen LogP contribution < -0.4 is 19.5 Å². The van der Waals surface area contributed by atoms with Crippen LogP contribution >= 0.6 is 11.3 Å². The molecule has 0 saturated heterocycles. The second-order valence-corrected chi connectivity index (χ2v) is 12.6. The van der Waals surface area contributed by atoms with Crippen molar-refractivity contribution in [2.45, 2.75) is 24.3 Å². The Morgan fingerprint density at radius 1 is 0.952 bits per heavy atom. The van der Waals surface area contributed by atoms with Gasteiger partial charge < -0.3 is 5.11 Å². The molecule has 0 aliphatic carbocycles. The van der Waals surface area contributed by atoms with Crippen molar-refractivity contribution in [3.63, 3.8) is 0 Å². The van der Waals surface area contributed by atoms with E-state index >= 15 is 0 Å². The summed E-state index contributed by atoms with van der Waals surface area (Å²) in [6.07, 6.45) is 1.61. The Morgan fingerprint density at radius 2 is 1.60 bits per heavy atom. The molecule has 0 spiro atoms. The van der Waals surface area contributed by atoms with Crippen molar-refractivity contribution in [3.05, 3.63) is 139 Å². The van der Waals surface area contributed by atoms with Crippen LogP contribution in [0.5, 0.6) is 5.75 Å². The normalized spacial score (nSPS) is 12.6. The lowest BCUT2D eigenvalue weighted by atomic mass is 10.0. The molecule has 0 bridgehead atoms. The number of thiazole rings is 1. The Hall–Kier alpha value is -4.73. The van der Waals surface area contributed by atoms with E-state index in [9.17, 15) is 23.1 Å². The lowest BCUT2D eigenvalue weighted by molar-refractivity contribution is -0.122. The van der Waals surface area contributed by atoms with E-state index in [0.29, 0.717) is 5.56 Å². The number of aromatic nitrogens is 1. The largest absolute Gasteiger partial charge is 0.507 e. The number of benzene rings is 4. The number of nitrogens with zero attached hydrogens (tertiary/aromatic N) is 1. The molecule has 0 saturated carbocycles. The van der Waals surface area contributed by atoms with Gasteiger partial charge in [0.05, 0.1) is 14.1 Å². The van der Waals surface area contributed by atoms with Gasteiger partial charge >= 0.3 is 0 Å². The average molecular weight is 597 g/mol. The van der Waals surface area contributed by atoms with Crippen molar-refractivity contribution in [2.24, 2.45) is 0 Å². The van der Waals surface area contributed by atoms with E-state index in [2.05, 4.69) is 11.3 Å². The maximum Gasteiger partial charge on any atom is 0.269 e. The van der Waals surface area contributed by atoms with Gasteiger partial charge in [-0.2, -0.15) is 0 Å². The number of phenols is 1. The molecule has 0 unspecified atom stereocenters. The first-order chi connectivity index (χ1) is 20.1. The maximum atomic E-state index is 13.7. The van der Waals surface area contributed by atoms with Crippen LogP contribution in [-0.2, 0) is 21.2 Å². The van der Waals surface area contributed by atoms with Crippen molar-refractivity contribution >= 4 is 39.9 Å². The van der Waals surface area contributed by atoms with Crippen LogP contribution in [-0.4, -0.2) is 24.0 Å². The fourth-order valence-electron chi connectivity index (χ4n) is 4.59. The zero-order valence-electron chi connectivity index (χ0n) is 22.7. The highest BCUT2D eigenvalue weighted by atomic mass is 32.2. The van der Waals surface area contributed by atoms with Gasteiger partial charge in [-0.1, -0.05) is 97.1 Å². The number of aromatic hydroxyl groups is 1. The second kappa shape index (κ2) is 12.0. The van der Waals surface area contributed by atoms with Gasteiger partial charge in [-0.05, 0) is 47.9 Å². The highest BCUT2D eigenvalue weighted by Crippen LogP contribution is 2.26. The molecule has 5 aromatic rings. The van der Waals surface area contributed by atoms with E-state index in [1.54, 1.807) is 54.6 Å². The minimum Gasteiger partial charge on any atom is -0.507 e. The lowest BCUT2D eigenvalue weighted by Crippen LogP contribution is -2.44. The number of nitrogens with one attached hydrogen (secondary N) is 1. The third-order valence-corrected chi connectivity index (χ3v) is 9.11. The van der Waals surface area contributed by atoms with E-state index in [1.807, 2.05) is 49.4 Å². The summed E-state index contributed by atoms with van der Waals surface area (Å²) in [4.78, 5) is 27.2. The number of amides is 1. The van der Waals surface area contributed by atoms with E-state index in [1.165, 1.54) is 16.7 Å². The van der Waals surface area contributed by atoms with Crippen molar-refractivity contribution in [3.8, 4) is 16.9 Å². The number of hydrogen-bond donors (Lipinski definition) is 2. The summed E-state index contributed by atoms with van der Waals surface area (Å²) in [5, 5.41) is 10.7. The number of carbonyl (C=O) groups is 1. The molecule has 0 aliphatic rings. The van der Waals surface area contributed by atoms with Crippen molar-refractivity contribution in [1.29, 1.82) is 0 Å². The zero-order valence-corrected chi connectivity index (χ0v) is 24.4. The molecule has 1 heterocycles. The Balaban J connectivity index is 1.53. The summed E-state index contributed by atoms with van der Waals surface area (Å²) in [5.74, 6) is -0.866. The SMILES string of the molecule is C=c1s/c(=C\c2ccc(-c3ccccc3)cc2O)c(=O)n1[C@@H](Cc1ccccc1)C(=O)NS(=O)(=O)c1ccc(C)cc1. The van der Waals surface area contributed by atoms with E-state index < -0.39 is 27.5 Å². The summed E-state index contributed by atoms with van der Waals surface area (Å²) in [5.41, 5.74) is 3.28. The third-order valence-electron chi connectivity index (χ3n) is 6.80. The minimum absolute atomic E-state index is 0.0101. The molecule has 212 valence electrons. The molecular weight excluding hydrogens is 569 g/mol. The van der Waals surface area contributed by atoms with Crippen LogP contribution in [0, 0.1) is 6.92 Å². The first-order valence-electron chi connectivity index (χ1n) is 13.1. The van der Waals surface area contributed by atoms with Crippen LogP contribution in [0.1, 0.15) is 22.7 Å². The Labute approximate surface area is 247 Å². The predicted molar refractivity (Wildman–Crippen MR) is 166 cm³/mol.